The summed E-state index contributed by atoms with van der Waals surface area (Å²) in [7, 11) is -5.12. The van der Waals surface area contributed by atoms with Crippen molar-refractivity contribution in [2.24, 2.45) is 0 Å². The van der Waals surface area contributed by atoms with Crippen LogP contribution in [0.4, 0.5) is 8.78 Å². The molecule has 0 aliphatic rings. The number of carbonyl (C=O) groups is 2. The van der Waals surface area contributed by atoms with E-state index in [4.69, 9.17) is 0 Å². The molecule has 14 heteroatoms. The van der Waals surface area contributed by atoms with E-state index in [0.717, 1.165) is 18.2 Å². The summed E-state index contributed by atoms with van der Waals surface area (Å²) in [6.07, 6.45) is 0. The van der Waals surface area contributed by atoms with Crippen LogP contribution in [0.5, 0.6) is 0 Å². The van der Waals surface area contributed by atoms with Gasteiger partial charge in [-0.25, -0.2) is 17.2 Å². The van der Waals surface area contributed by atoms with Crippen LogP contribution in [0.15, 0.2) is 70.5 Å². The molecular weight excluding hydrogens is 516 g/mol. The van der Waals surface area contributed by atoms with E-state index in [-0.39, 0.29) is 98.3 Å². The van der Waals surface area contributed by atoms with Crippen molar-refractivity contribution in [2.75, 3.05) is 0 Å². The van der Waals surface area contributed by atoms with E-state index in [9.17, 15) is 36.6 Å². The van der Waals surface area contributed by atoms with Crippen molar-refractivity contribution in [3.8, 4) is 0 Å². The summed E-state index contributed by atoms with van der Waals surface area (Å²) in [4.78, 5) is 23.9. The maximum absolute atomic E-state index is 13.7. The number of benzene rings is 3. The molecule has 3 aromatic rings. The molecule has 0 bridgehead atoms. The summed E-state index contributed by atoms with van der Waals surface area (Å²) in [5, 5.41) is 13.1. The average molecular weight is 526 g/mol. The molecule has 0 aliphatic heterocycles. The van der Waals surface area contributed by atoms with E-state index in [1.807, 2.05) is 0 Å². The van der Waals surface area contributed by atoms with E-state index in [0.29, 0.717) is 12.1 Å². The van der Waals surface area contributed by atoms with E-state index in [1.165, 1.54) is 30.3 Å². The third kappa shape index (κ3) is 7.50. The molecule has 0 N–H and O–H groups in total. The van der Waals surface area contributed by atoms with Crippen LogP contribution in [-0.2, 0) is 19.5 Å². The van der Waals surface area contributed by atoms with Gasteiger partial charge in [-0.3, -0.25) is 14.6 Å². The molecule has 0 saturated carbocycles. The smallest absolute Gasteiger partial charge is 0.744 e. The van der Waals surface area contributed by atoms with Crippen LogP contribution in [0.25, 0.3) is 0 Å². The van der Waals surface area contributed by atoms with Crippen LogP contribution < -0.4 is 64.4 Å². The first kappa shape index (κ1) is 31.0. The van der Waals surface area contributed by atoms with Gasteiger partial charge in [-0.05, 0) is 36.4 Å². The molecule has 0 saturated heterocycles. The Morgan fingerprint density at radius 2 is 1.21 bits per heavy atom. The number of rotatable bonds is 8. The van der Waals surface area contributed by atoms with E-state index in [1.54, 1.807) is 0 Å². The number of hydrogen-bond donors (Lipinski definition) is 0. The summed E-state index contributed by atoms with van der Waals surface area (Å²) in [5.41, 5.74) is -0.00205. The molecule has 3 aromatic carbocycles. The number of halogens is 2. The Morgan fingerprint density at radius 3 is 1.68 bits per heavy atom. The maximum atomic E-state index is 13.7. The topological polar surface area (TPSA) is 133 Å². The standard InChI is InChI=1S/C20H12F2O8S2.2Na/c21-15-7-5-13(9-17(15)31-30-29-25)19(23)11-1-3-12(4-2-11)20(24)14-6-8-16(22)18(10-14)32(26,27)28;;/h1-10,25H,(H,26,27,28);;/q;2*+1/p-2. The van der Waals surface area contributed by atoms with Crippen molar-refractivity contribution < 1.29 is 105 Å². The van der Waals surface area contributed by atoms with Gasteiger partial charge in [-0.1, -0.05) is 24.3 Å². The molecule has 0 heterocycles. The van der Waals surface area contributed by atoms with Gasteiger partial charge in [-0.15, -0.1) is 0 Å². The second-order valence-corrected chi connectivity index (χ2v) is 8.29. The molecule has 0 unspecified atom stereocenters. The first-order chi connectivity index (χ1) is 15.1. The maximum Gasteiger partial charge on any atom is 1.00 e. The number of carbonyl (C=O) groups excluding carboxylic acids is 2. The van der Waals surface area contributed by atoms with Crippen molar-refractivity contribution in [1.82, 2.24) is 0 Å². The summed E-state index contributed by atoms with van der Waals surface area (Å²) in [6.45, 7) is 0. The van der Waals surface area contributed by atoms with Crippen molar-refractivity contribution in [3.63, 3.8) is 0 Å². The molecular formula is C20H10F2Na2O8S2. The second-order valence-electron chi connectivity index (χ2n) is 6.20. The summed E-state index contributed by atoms with van der Waals surface area (Å²) >= 11 is 0.283. The molecule has 0 spiro atoms. The zero-order valence-corrected chi connectivity index (χ0v) is 23.2. The third-order valence-corrected chi connectivity index (χ3v) is 5.68. The van der Waals surface area contributed by atoms with Crippen molar-refractivity contribution >= 4 is 33.7 Å². The molecule has 34 heavy (non-hydrogen) atoms. The van der Waals surface area contributed by atoms with Crippen LogP contribution >= 0.6 is 12.0 Å². The number of hydrogen-bond acceptors (Lipinski definition) is 9. The van der Waals surface area contributed by atoms with Gasteiger partial charge < -0.3 is 9.81 Å². The summed E-state index contributed by atoms with van der Waals surface area (Å²) in [5.74, 6) is -3.26. The Kier molecular flexibility index (Phi) is 12.2. The predicted molar refractivity (Wildman–Crippen MR) is 102 cm³/mol. The molecule has 0 amide bonds. The van der Waals surface area contributed by atoms with Gasteiger partial charge >= 0.3 is 59.1 Å². The Labute approximate surface area is 241 Å². The quantitative estimate of drug-likeness (QED) is 0.0735. The third-order valence-electron chi connectivity index (χ3n) is 4.22. The monoisotopic (exact) mass is 526 g/mol. The Morgan fingerprint density at radius 1 is 0.765 bits per heavy atom. The molecule has 0 radical (unpaired) electrons. The van der Waals surface area contributed by atoms with Crippen LogP contribution in [0, 0.1) is 11.6 Å². The molecule has 0 aromatic heterocycles. The van der Waals surface area contributed by atoms with Crippen LogP contribution in [-0.4, -0.2) is 24.5 Å². The fourth-order valence-corrected chi connectivity index (χ4v) is 3.70. The first-order valence-electron chi connectivity index (χ1n) is 8.49. The van der Waals surface area contributed by atoms with Crippen LogP contribution in [0.3, 0.4) is 0 Å². The van der Waals surface area contributed by atoms with Gasteiger partial charge in [-0.2, -0.15) is 4.33 Å². The van der Waals surface area contributed by atoms with Crippen molar-refractivity contribution in [3.05, 3.63) is 94.6 Å². The average Bonchev–Trinajstić information content (AvgIpc) is 2.77. The Balaban J connectivity index is 0.00000289. The minimum Gasteiger partial charge on any atom is -0.744 e. The van der Waals surface area contributed by atoms with E-state index >= 15 is 0 Å². The first-order valence-corrected chi connectivity index (χ1v) is 10.6. The Hall–Kier alpha value is -1.000. The van der Waals surface area contributed by atoms with E-state index < -0.39 is 38.2 Å². The van der Waals surface area contributed by atoms with Gasteiger partial charge in [0.25, 0.3) is 0 Å². The number of ketones is 2. The van der Waals surface area contributed by atoms with Crippen LogP contribution in [0.1, 0.15) is 31.8 Å². The fraction of sp³-hybridized carbons (Fsp3) is 0. The zero-order valence-electron chi connectivity index (χ0n) is 17.6. The van der Waals surface area contributed by atoms with Gasteiger partial charge in [0.1, 0.15) is 21.8 Å². The molecule has 3 rings (SSSR count). The minimum absolute atomic E-state index is 0. The molecule has 166 valence electrons. The fourth-order valence-electron chi connectivity index (χ4n) is 2.70. The van der Waals surface area contributed by atoms with Gasteiger partial charge in [0, 0.05) is 22.3 Å². The van der Waals surface area contributed by atoms with Crippen molar-refractivity contribution in [1.29, 1.82) is 0 Å². The molecule has 8 nitrogen and oxygen atoms in total. The van der Waals surface area contributed by atoms with Crippen LogP contribution in [0.2, 0.25) is 0 Å². The Bertz CT molecular complexity index is 1300. The normalized spacial score (nSPS) is 10.7. The van der Waals surface area contributed by atoms with Crippen molar-refractivity contribution in [2.45, 2.75) is 9.79 Å². The van der Waals surface area contributed by atoms with Gasteiger partial charge in [0.15, 0.2) is 11.6 Å². The molecule has 0 fully saturated rings. The predicted octanol–water partition coefficient (Wildman–Crippen LogP) is -3.43. The second kappa shape index (κ2) is 13.3. The minimum atomic E-state index is -5.12. The van der Waals surface area contributed by atoms with Gasteiger partial charge in [0.05, 0.1) is 21.8 Å². The molecule has 0 aliphatic carbocycles. The largest absolute Gasteiger partial charge is 1.00 e. The summed E-state index contributed by atoms with van der Waals surface area (Å²) in [6, 6.07) is 10.9. The SMILES string of the molecule is O=C(c1ccc(C(=O)c2ccc(F)c(S(=O)(=O)[O-])c2)cc1)c1ccc(F)c(SOO[O-])c1.[Na+].[Na+]. The van der Waals surface area contributed by atoms with E-state index in [2.05, 4.69) is 9.37 Å². The summed E-state index contributed by atoms with van der Waals surface area (Å²) < 4.78 is 64.7. The zero-order chi connectivity index (χ0) is 23.5. The molecule has 0 atom stereocenters. The van der Waals surface area contributed by atoms with Gasteiger partial charge in [0.2, 0.25) is 0 Å².